The van der Waals surface area contributed by atoms with Crippen LogP contribution in [0.25, 0.3) is 0 Å². The molecule has 0 radical (unpaired) electrons. The maximum Gasteiger partial charge on any atom is 0.275 e. The van der Waals surface area contributed by atoms with E-state index in [1.165, 1.54) is 6.07 Å². The average molecular weight is 215 g/mol. The van der Waals surface area contributed by atoms with E-state index in [4.69, 9.17) is 11.7 Å². The quantitative estimate of drug-likeness (QED) is 0.474. The van der Waals surface area contributed by atoms with E-state index in [0.717, 1.165) is 0 Å². The lowest BCUT2D eigenvalue weighted by Gasteiger charge is -2.07. The number of hydrogen-bond donors (Lipinski definition) is 1. The van der Waals surface area contributed by atoms with Crippen LogP contribution in [0.5, 0.6) is 0 Å². The molecule has 0 aliphatic heterocycles. The van der Waals surface area contributed by atoms with Crippen molar-refractivity contribution in [1.29, 1.82) is 5.26 Å². The summed E-state index contributed by atoms with van der Waals surface area (Å²) in [4.78, 5) is 10.2. The Labute approximate surface area is 92.9 Å². The van der Waals surface area contributed by atoms with Crippen LogP contribution in [-0.2, 0) is 0 Å². The van der Waals surface area contributed by atoms with Crippen molar-refractivity contribution in [2.45, 2.75) is 6.92 Å². The molecule has 16 heavy (non-hydrogen) atoms. The molecule has 5 nitrogen and oxygen atoms in total. The molecule has 1 N–H and O–H groups in total. The van der Waals surface area contributed by atoms with E-state index in [2.05, 4.69) is 11.2 Å². The number of anilines is 1. The van der Waals surface area contributed by atoms with E-state index in [1.807, 2.05) is 6.07 Å². The number of hydrogen-bond acceptors (Lipinski definition) is 4. The van der Waals surface area contributed by atoms with Gasteiger partial charge in [0.15, 0.2) is 0 Å². The summed E-state index contributed by atoms with van der Waals surface area (Å²) in [7, 11) is 0. The Kier molecular flexibility index (Phi) is 3.47. The number of terminal acetylenes is 1. The maximum absolute atomic E-state index is 10.7. The molecule has 0 atom stereocenters. The van der Waals surface area contributed by atoms with Gasteiger partial charge in [0, 0.05) is 17.3 Å². The van der Waals surface area contributed by atoms with Gasteiger partial charge < -0.3 is 5.32 Å². The van der Waals surface area contributed by atoms with Crippen molar-refractivity contribution >= 4 is 11.4 Å². The molecule has 0 aromatic heterocycles. The summed E-state index contributed by atoms with van der Waals surface area (Å²) in [6, 6.07) is 4.66. The molecule has 0 saturated carbocycles. The highest BCUT2D eigenvalue weighted by Gasteiger charge is 2.15. The zero-order valence-corrected chi connectivity index (χ0v) is 8.65. The fourth-order valence-corrected chi connectivity index (χ4v) is 1.28. The zero-order valence-electron chi connectivity index (χ0n) is 8.65. The Morgan fingerprint density at radius 1 is 1.62 bits per heavy atom. The average Bonchev–Trinajstić information content (AvgIpc) is 2.27. The Balaban J connectivity index is 3.28. The Bertz CT molecular complexity index is 509. The molecule has 0 aliphatic rings. The second-order valence-electron chi connectivity index (χ2n) is 3.09. The molecular formula is C11H9N3O2. The second kappa shape index (κ2) is 4.81. The fraction of sp³-hybridized carbons (Fsp3) is 0.182. The fourth-order valence-electron chi connectivity index (χ4n) is 1.28. The van der Waals surface area contributed by atoms with Crippen LogP contribution in [0.1, 0.15) is 11.1 Å². The third-order valence-electron chi connectivity index (χ3n) is 2.09. The van der Waals surface area contributed by atoms with Gasteiger partial charge in [-0.3, -0.25) is 10.1 Å². The Hall–Kier alpha value is -2.53. The minimum atomic E-state index is -0.517. The molecule has 0 saturated heterocycles. The molecule has 0 unspecified atom stereocenters. The summed E-state index contributed by atoms with van der Waals surface area (Å²) >= 11 is 0. The van der Waals surface area contributed by atoms with Crippen LogP contribution in [0.2, 0.25) is 0 Å². The molecule has 1 rings (SSSR count). The molecule has 1 aromatic carbocycles. The predicted octanol–water partition coefficient (Wildman–Crippen LogP) is 1.82. The number of nitro groups is 1. The summed E-state index contributed by atoms with van der Waals surface area (Å²) in [6.45, 7) is 1.87. The molecule has 0 amide bonds. The highest BCUT2D eigenvalue weighted by atomic mass is 16.6. The summed E-state index contributed by atoms with van der Waals surface area (Å²) in [5.41, 5.74) is 1.14. The third-order valence-corrected chi connectivity index (χ3v) is 2.09. The largest absolute Gasteiger partial charge is 0.374 e. The zero-order chi connectivity index (χ0) is 12.1. The predicted molar refractivity (Wildman–Crippen MR) is 59.9 cm³/mol. The topological polar surface area (TPSA) is 79.0 Å². The van der Waals surface area contributed by atoms with Crippen molar-refractivity contribution in [2.24, 2.45) is 0 Å². The van der Waals surface area contributed by atoms with E-state index < -0.39 is 4.92 Å². The van der Waals surface area contributed by atoms with Crippen LogP contribution in [0.3, 0.4) is 0 Å². The van der Waals surface area contributed by atoms with Crippen molar-refractivity contribution in [1.82, 2.24) is 0 Å². The first-order chi connectivity index (χ1) is 7.60. The van der Waals surface area contributed by atoms with Crippen molar-refractivity contribution < 1.29 is 4.92 Å². The van der Waals surface area contributed by atoms with Gasteiger partial charge in [0.25, 0.3) is 5.69 Å². The molecule has 0 bridgehead atoms. The molecule has 0 heterocycles. The summed E-state index contributed by atoms with van der Waals surface area (Å²) in [5, 5.41) is 22.3. The van der Waals surface area contributed by atoms with Gasteiger partial charge in [0.05, 0.1) is 23.1 Å². The van der Waals surface area contributed by atoms with Crippen molar-refractivity contribution in [2.75, 3.05) is 11.9 Å². The number of nitriles is 1. The number of nitrogens with one attached hydrogen (secondary N) is 1. The molecule has 0 spiro atoms. The maximum atomic E-state index is 10.7. The van der Waals surface area contributed by atoms with Crippen LogP contribution >= 0.6 is 0 Å². The first-order valence-corrected chi connectivity index (χ1v) is 4.46. The van der Waals surface area contributed by atoms with E-state index in [0.29, 0.717) is 11.3 Å². The van der Waals surface area contributed by atoms with Gasteiger partial charge in [-0.15, -0.1) is 6.42 Å². The number of nitro benzene ring substituents is 1. The number of nitrogens with zero attached hydrogens (tertiary/aromatic N) is 2. The van der Waals surface area contributed by atoms with Crippen LogP contribution in [-0.4, -0.2) is 11.5 Å². The van der Waals surface area contributed by atoms with Crippen LogP contribution in [0, 0.1) is 40.7 Å². The number of benzene rings is 1. The molecular weight excluding hydrogens is 206 g/mol. The lowest BCUT2D eigenvalue weighted by atomic mass is 10.1. The monoisotopic (exact) mass is 215 g/mol. The standard InChI is InChI=1S/C11H9N3O2/c1-3-4-13-10-5-9(7-12)6-11(8(10)2)14(15)16/h1,5-6,13H,4H2,2H3. The first kappa shape index (κ1) is 11.5. The summed E-state index contributed by atoms with van der Waals surface area (Å²) < 4.78 is 0. The highest BCUT2D eigenvalue weighted by molar-refractivity contribution is 5.64. The van der Waals surface area contributed by atoms with Gasteiger partial charge in [-0.05, 0) is 13.0 Å². The molecule has 80 valence electrons. The Morgan fingerprint density at radius 2 is 2.31 bits per heavy atom. The lowest BCUT2D eigenvalue weighted by molar-refractivity contribution is -0.385. The third kappa shape index (κ3) is 2.28. The summed E-state index contributed by atoms with van der Waals surface area (Å²) in [5.74, 6) is 2.37. The van der Waals surface area contributed by atoms with Crippen LogP contribution < -0.4 is 5.32 Å². The van der Waals surface area contributed by atoms with E-state index >= 15 is 0 Å². The highest BCUT2D eigenvalue weighted by Crippen LogP contribution is 2.27. The molecule has 0 aliphatic carbocycles. The smallest absolute Gasteiger partial charge is 0.275 e. The Morgan fingerprint density at radius 3 is 2.81 bits per heavy atom. The van der Waals surface area contributed by atoms with E-state index in [9.17, 15) is 10.1 Å². The van der Waals surface area contributed by atoms with Crippen LogP contribution in [0.15, 0.2) is 12.1 Å². The normalized spacial score (nSPS) is 8.94. The van der Waals surface area contributed by atoms with Gasteiger partial charge in [0.2, 0.25) is 0 Å². The minimum absolute atomic E-state index is 0.0847. The second-order valence-corrected chi connectivity index (χ2v) is 3.09. The SMILES string of the molecule is C#CCNc1cc(C#N)cc([N+](=O)[O-])c1C. The van der Waals surface area contributed by atoms with Crippen molar-refractivity contribution in [3.05, 3.63) is 33.4 Å². The van der Waals surface area contributed by atoms with Gasteiger partial charge >= 0.3 is 0 Å². The molecule has 0 fully saturated rings. The lowest BCUT2D eigenvalue weighted by Crippen LogP contribution is -2.03. The molecule has 1 aromatic rings. The van der Waals surface area contributed by atoms with Crippen molar-refractivity contribution in [3.63, 3.8) is 0 Å². The van der Waals surface area contributed by atoms with Gasteiger partial charge in [0.1, 0.15) is 0 Å². The van der Waals surface area contributed by atoms with Crippen molar-refractivity contribution in [3.8, 4) is 18.4 Å². The first-order valence-electron chi connectivity index (χ1n) is 4.46. The number of rotatable bonds is 3. The van der Waals surface area contributed by atoms with E-state index in [1.54, 1.807) is 13.0 Å². The summed E-state index contributed by atoms with van der Waals surface area (Å²) in [6.07, 6.45) is 5.08. The molecule has 5 heteroatoms. The van der Waals surface area contributed by atoms with Gasteiger partial charge in [-0.1, -0.05) is 5.92 Å². The van der Waals surface area contributed by atoms with Gasteiger partial charge in [-0.2, -0.15) is 5.26 Å². The minimum Gasteiger partial charge on any atom is -0.374 e. The van der Waals surface area contributed by atoms with Crippen LogP contribution in [0.4, 0.5) is 11.4 Å². The van der Waals surface area contributed by atoms with Gasteiger partial charge in [-0.25, -0.2) is 0 Å². The van der Waals surface area contributed by atoms with E-state index in [-0.39, 0.29) is 17.8 Å².